The molecule has 5 nitrogen and oxygen atoms in total. The molecule has 0 aromatic heterocycles. The van der Waals surface area contributed by atoms with Crippen LogP contribution in [0.2, 0.25) is 0 Å². The number of nitrogens with one attached hydrogen (secondary N) is 1. The maximum Gasteiger partial charge on any atom is 0.214 e. The van der Waals surface area contributed by atoms with Gasteiger partial charge in [-0.15, -0.1) is 0 Å². The quantitative estimate of drug-likeness (QED) is 0.808. The van der Waals surface area contributed by atoms with Gasteiger partial charge in [-0.2, -0.15) is 0 Å². The second kappa shape index (κ2) is 6.17. The number of phenolic OH excluding ortho intramolecular Hbond substituents is 1. The molecule has 1 atom stereocenters. The highest BCUT2D eigenvalue weighted by Gasteiger charge is 2.13. The molecule has 1 aromatic carbocycles. The van der Waals surface area contributed by atoms with Gasteiger partial charge in [0, 0.05) is 26.7 Å². The summed E-state index contributed by atoms with van der Waals surface area (Å²) in [5.41, 5.74) is 0.928. The highest BCUT2D eigenvalue weighted by molar-refractivity contribution is 7.89. The zero-order valence-electron chi connectivity index (χ0n) is 10.9. The molecule has 1 rings (SSSR count). The van der Waals surface area contributed by atoms with E-state index >= 15 is 0 Å². The van der Waals surface area contributed by atoms with Crippen LogP contribution in [0.3, 0.4) is 0 Å². The lowest BCUT2D eigenvalue weighted by atomic mass is 10.1. The van der Waals surface area contributed by atoms with Crippen molar-refractivity contribution >= 4 is 10.0 Å². The van der Waals surface area contributed by atoms with Crippen molar-refractivity contribution in [3.63, 3.8) is 0 Å². The lowest BCUT2D eigenvalue weighted by molar-refractivity contribution is 0.472. The number of benzene rings is 1. The number of nitrogens with zero attached hydrogens (tertiary/aromatic N) is 1. The van der Waals surface area contributed by atoms with Gasteiger partial charge in [0.25, 0.3) is 0 Å². The number of hydrogen-bond donors (Lipinski definition) is 2. The highest BCUT2D eigenvalue weighted by atomic mass is 32.2. The Morgan fingerprint density at radius 2 is 2.06 bits per heavy atom. The highest BCUT2D eigenvalue weighted by Crippen LogP contribution is 2.17. The van der Waals surface area contributed by atoms with Gasteiger partial charge in [0.15, 0.2) is 0 Å². The normalized spacial score (nSPS) is 13.8. The third kappa shape index (κ3) is 4.29. The maximum absolute atomic E-state index is 11.5. The largest absolute Gasteiger partial charge is 0.508 e. The van der Waals surface area contributed by atoms with E-state index in [2.05, 4.69) is 5.32 Å². The molecular formula is C12H20N2O3S. The molecule has 0 aliphatic rings. The van der Waals surface area contributed by atoms with Crippen molar-refractivity contribution in [1.29, 1.82) is 0 Å². The lowest BCUT2D eigenvalue weighted by Gasteiger charge is -2.16. The molecule has 0 spiro atoms. The van der Waals surface area contributed by atoms with E-state index in [4.69, 9.17) is 0 Å². The molecule has 0 heterocycles. The van der Waals surface area contributed by atoms with Gasteiger partial charge in [0.2, 0.25) is 10.0 Å². The van der Waals surface area contributed by atoms with Crippen molar-refractivity contribution in [3.05, 3.63) is 29.8 Å². The van der Waals surface area contributed by atoms with E-state index in [-0.39, 0.29) is 17.5 Å². The summed E-state index contributed by atoms with van der Waals surface area (Å²) in [5.74, 6) is 0.269. The molecule has 0 aliphatic heterocycles. The number of aromatic hydroxyl groups is 1. The van der Waals surface area contributed by atoms with Crippen LogP contribution in [-0.4, -0.2) is 44.2 Å². The molecule has 0 radical (unpaired) electrons. The summed E-state index contributed by atoms with van der Waals surface area (Å²) in [6, 6.07) is 6.91. The molecule has 2 N–H and O–H groups in total. The van der Waals surface area contributed by atoms with Crippen LogP contribution in [0.4, 0.5) is 0 Å². The van der Waals surface area contributed by atoms with Crippen LogP contribution in [0.5, 0.6) is 5.75 Å². The average molecular weight is 272 g/mol. The first kappa shape index (κ1) is 14.9. The van der Waals surface area contributed by atoms with Crippen molar-refractivity contribution in [2.24, 2.45) is 0 Å². The fourth-order valence-electron chi connectivity index (χ4n) is 1.50. The van der Waals surface area contributed by atoms with E-state index in [9.17, 15) is 13.5 Å². The zero-order valence-corrected chi connectivity index (χ0v) is 11.7. The molecule has 0 fully saturated rings. The van der Waals surface area contributed by atoms with E-state index in [0.29, 0.717) is 6.54 Å². The Balaban J connectivity index is 2.50. The van der Waals surface area contributed by atoms with Crippen LogP contribution in [0.1, 0.15) is 18.5 Å². The van der Waals surface area contributed by atoms with Gasteiger partial charge < -0.3 is 10.4 Å². The molecule has 1 unspecified atom stereocenters. The van der Waals surface area contributed by atoms with Gasteiger partial charge in [-0.25, -0.2) is 12.7 Å². The summed E-state index contributed by atoms with van der Waals surface area (Å²) < 4.78 is 24.3. The fraction of sp³-hybridized carbons (Fsp3) is 0.500. The van der Waals surface area contributed by atoms with E-state index in [1.165, 1.54) is 18.4 Å². The van der Waals surface area contributed by atoms with Crippen molar-refractivity contribution in [2.75, 3.05) is 26.4 Å². The van der Waals surface area contributed by atoms with Crippen LogP contribution < -0.4 is 5.32 Å². The summed E-state index contributed by atoms with van der Waals surface area (Å²) in [4.78, 5) is 0. The Hall–Kier alpha value is -1.11. The van der Waals surface area contributed by atoms with E-state index < -0.39 is 10.0 Å². The first-order valence-corrected chi connectivity index (χ1v) is 7.36. The third-order valence-electron chi connectivity index (χ3n) is 2.74. The average Bonchev–Trinajstić information content (AvgIpc) is 2.28. The van der Waals surface area contributed by atoms with Crippen molar-refractivity contribution in [3.8, 4) is 5.75 Å². The standard InChI is InChI=1S/C12H20N2O3S/c1-10(11-5-4-6-12(15)9-11)13-7-8-18(16,17)14(2)3/h4-6,9-10,13,15H,7-8H2,1-3H3. The Morgan fingerprint density at radius 3 is 2.61 bits per heavy atom. The Morgan fingerprint density at radius 1 is 1.39 bits per heavy atom. The number of hydrogen-bond acceptors (Lipinski definition) is 4. The number of phenols is 1. The fourth-order valence-corrected chi connectivity index (χ4v) is 2.24. The molecule has 0 saturated carbocycles. The number of sulfonamides is 1. The van der Waals surface area contributed by atoms with Crippen LogP contribution in [-0.2, 0) is 10.0 Å². The third-order valence-corrected chi connectivity index (χ3v) is 4.57. The van der Waals surface area contributed by atoms with Crippen LogP contribution in [0.25, 0.3) is 0 Å². The molecule has 18 heavy (non-hydrogen) atoms. The first-order valence-electron chi connectivity index (χ1n) is 5.75. The van der Waals surface area contributed by atoms with Gasteiger partial charge in [-0.1, -0.05) is 12.1 Å². The van der Waals surface area contributed by atoms with Crippen LogP contribution in [0.15, 0.2) is 24.3 Å². The smallest absolute Gasteiger partial charge is 0.214 e. The molecule has 0 amide bonds. The lowest BCUT2D eigenvalue weighted by Crippen LogP contribution is -2.32. The van der Waals surface area contributed by atoms with Gasteiger partial charge in [-0.05, 0) is 24.6 Å². The first-order chi connectivity index (χ1) is 8.33. The second-order valence-corrected chi connectivity index (χ2v) is 6.67. The van der Waals surface area contributed by atoms with Crippen molar-refractivity contribution in [1.82, 2.24) is 9.62 Å². The van der Waals surface area contributed by atoms with E-state index in [1.54, 1.807) is 18.2 Å². The molecule has 0 saturated heterocycles. The molecular weight excluding hydrogens is 252 g/mol. The summed E-state index contributed by atoms with van der Waals surface area (Å²) in [6.07, 6.45) is 0. The van der Waals surface area contributed by atoms with Crippen molar-refractivity contribution in [2.45, 2.75) is 13.0 Å². The zero-order chi connectivity index (χ0) is 13.8. The summed E-state index contributed by atoms with van der Waals surface area (Å²) in [7, 11) is -0.119. The Kier molecular flexibility index (Phi) is 5.13. The molecule has 0 aliphatic carbocycles. The predicted molar refractivity (Wildman–Crippen MR) is 72.0 cm³/mol. The SMILES string of the molecule is CC(NCCS(=O)(=O)N(C)C)c1cccc(O)c1. The minimum atomic E-state index is -3.16. The topological polar surface area (TPSA) is 69.6 Å². The van der Waals surface area contributed by atoms with Crippen LogP contribution >= 0.6 is 0 Å². The maximum atomic E-state index is 11.5. The number of rotatable bonds is 6. The van der Waals surface area contributed by atoms with Gasteiger partial charge in [0.05, 0.1) is 5.75 Å². The Bertz CT molecular complexity index is 486. The summed E-state index contributed by atoms with van der Waals surface area (Å²) >= 11 is 0. The molecule has 6 heteroatoms. The Labute approximate surface area is 108 Å². The second-order valence-electron chi connectivity index (χ2n) is 4.37. The minimum Gasteiger partial charge on any atom is -0.508 e. The van der Waals surface area contributed by atoms with Gasteiger partial charge in [0.1, 0.15) is 5.75 Å². The summed E-state index contributed by atoms with van der Waals surface area (Å²) in [6.45, 7) is 2.30. The van der Waals surface area contributed by atoms with Gasteiger partial charge in [-0.3, -0.25) is 0 Å². The predicted octanol–water partition coefficient (Wildman–Crippen LogP) is 0.934. The molecule has 1 aromatic rings. The monoisotopic (exact) mass is 272 g/mol. The van der Waals surface area contributed by atoms with E-state index in [0.717, 1.165) is 5.56 Å². The molecule has 102 valence electrons. The molecule has 0 bridgehead atoms. The van der Waals surface area contributed by atoms with E-state index in [1.807, 2.05) is 13.0 Å². The van der Waals surface area contributed by atoms with Crippen molar-refractivity contribution < 1.29 is 13.5 Å². The van der Waals surface area contributed by atoms with Gasteiger partial charge >= 0.3 is 0 Å². The summed E-state index contributed by atoms with van der Waals surface area (Å²) in [5, 5.41) is 12.5. The van der Waals surface area contributed by atoms with Crippen LogP contribution in [0, 0.1) is 0 Å². The minimum absolute atomic E-state index is 0.00513.